The highest BCUT2D eigenvalue weighted by molar-refractivity contribution is 9.10. The van der Waals surface area contributed by atoms with Crippen molar-refractivity contribution in [2.45, 2.75) is 38.6 Å². The highest BCUT2D eigenvalue weighted by Gasteiger charge is 2.25. The summed E-state index contributed by atoms with van der Waals surface area (Å²) in [5.74, 6) is 1.56. The quantitative estimate of drug-likeness (QED) is 0.840. The van der Waals surface area contributed by atoms with E-state index in [-0.39, 0.29) is 0 Å². The van der Waals surface area contributed by atoms with E-state index >= 15 is 0 Å². The predicted octanol–water partition coefficient (Wildman–Crippen LogP) is 4.01. The molecule has 4 nitrogen and oxygen atoms in total. The molecule has 0 bridgehead atoms. The van der Waals surface area contributed by atoms with Crippen LogP contribution in [-0.4, -0.2) is 27.9 Å². The third kappa shape index (κ3) is 3.12. The highest BCUT2D eigenvalue weighted by atomic mass is 79.9. The average Bonchev–Trinajstić information content (AvgIpc) is 2.91. The Labute approximate surface area is 134 Å². The summed E-state index contributed by atoms with van der Waals surface area (Å²) in [5, 5.41) is 4.46. The number of aromatic nitrogens is 3. The Balaban J connectivity index is 1.83. The minimum Gasteiger partial charge on any atom is -0.340 e. The molecular weight excluding hydrogens is 328 g/mol. The number of nitrogens with zero attached hydrogens (tertiary/aromatic N) is 4. The molecule has 0 spiro atoms. The standard InChI is InChI=1S/C16H21BrN4/c1-12(2)21-16(18-15(17)19-21)20-10-6-9-14(11-20)13-7-4-3-5-8-13/h3-5,7-8,12,14H,6,9-11H2,1-2H3. The van der Waals surface area contributed by atoms with Crippen molar-refractivity contribution in [2.24, 2.45) is 0 Å². The minimum atomic E-state index is 0.316. The van der Waals surface area contributed by atoms with Crippen LogP contribution in [0.15, 0.2) is 35.1 Å². The number of benzene rings is 1. The van der Waals surface area contributed by atoms with Crippen molar-refractivity contribution in [3.63, 3.8) is 0 Å². The fourth-order valence-corrected chi connectivity index (χ4v) is 3.34. The van der Waals surface area contributed by atoms with E-state index in [1.165, 1.54) is 18.4 Å². The van der Waals surface area contributed by atoms with Gasteiger partial charge in [-0.3, -0.25) is 0 Å². The molecule has 3 rings (SSSR count). The zero-order valence-electron chi connectivity index (χ0n) is 12.5. The van der Waals surface area contributed by atoms with Crippen molar-refractivity contribution in [2.75, 3.05) is 18.0 Å². The van der Waals surface area contributed by atoms with Crippen molar-refractivity contribution in [1.82, 2.24) is 14.8 Å². The summed E-state index contributed by atoms with van der Waals surface area (Å²) in [7, 11) is 0. The fourth-order valence-electron chi connectivity index (χ4n) is 3.01. The molecule has 1 aliphatic rings. The number of rotatable bonds is 3. The average molecular weight is 349 g/mol. The molecule has 1 aromatic carbocycles. The van der Waals surface area contributed by atoms with E-state index in [2.05, 4.69) is 75.1 Å². The zero-order chi connectivity index (χ0) is 14.8. The van der Waals surface area contributed by atoms with E-state index in [0.717, 1.165) is 19.0 Å². The van der Waals surface area contributed by atoms with E-state index in [4.69, 9.17) is 0 Å². The van der Waals surface area contributed by atoms with Gasteiger partial charge in [-0.05, 0) is 48.2 Å². The van der Waals surface area contributed by atoms with Crippen LogP contribution in [-0.2, 0) is 0 Å². The Hall–Kier alpha value is -1.36. The van der Waals surface area contributed by atoms with Crippen LogP contribution in [0.1, 0.15) is 44.2 Å². The number of piperidine rings is 1. The number of hydrogen-bond acceptors (Lipinski definition) is 3. The van der Waals surface area contributed by atoms with Gasteiger partial charge >= 0.3 is 0 Å². The topological polar surface area (TPSA) is 34.0 Å². The summed E-state index contributed by atoms with van der Waals surface area (Å²) < 4.78 is 2.69. The van der Waals surface area contributed by atoms with Gasteiger partial charge in [0.25, 0.3) is 0 Å². The second-order valence-electron chi connectivity index (χ2n) is 5.92. The SMILES string of the molecule is CC(C)n1nc(Br)nc1N1CCCC(c2ccccc2)C1. The molecule has 0 amide bonds. The Bertz CT molecular complexity index is 594. The summed E-state index contributed by atoms with van der Waals surface area (Å²) in [4.78, 5) is 6.95. The van der Waals surface area contributed by atoms with Crippen LogP contribution < -0.4 is 4.90 Å². The molecule has 2 heterocycles. The van der Waals surface area contributed by atoms with Crippen LogP contribution in [0.4, 0.5) is 5.95 Å². The third-order valence-electron chi connectivity index (χ3n) is 4.05. The first kappa shape index (κ1) is 14.6. The van der Waals surface area contributed by atoms with Gasteiger partial charge in [0, 0.05) is 19.0 Å². The van der Waals surface area contributed by atoms with Crippen LogP contribution in [0.3, 0.4) is 0 Å². The largest absolute Gasteiger partial charge is 0.340 e. The van der Waals surface area contributed by atoms with E-state index in [1.807, 2.05) is 4.68 Å². The van der Waals surface area contributed by atoms with Gasteiger partial charge < -0.3 is 4.90 Å². The normalized spacial score (nSPS) is 19.2. The smallest absolute Gasteiger partial charge is 0.225 e. The maximum absolute atomic E-state index is 4.58. The lowest BCUT2D eigenvalue weighted by molar-refractivity contribution is 0.472. The minimum absolute atomic E-state index is 0.316. The van der Waals surface area contributed by atoms with Gasteiger partial charge in [-0.15, -0.1) is 5.10 Å². The number of anilines is 1. The molecule has 0 N–H and O–H groups in total. The number of hydrogen-bond donors (Lipinski definition) is 0. The molecular formula is C16H21BrN4. The molecule has 112 valence electrons. The van der Waals surface area contributed by atoms with Gasteiger partial charge in [-0.1, -0.05) is 30.3 Å². The molecule has 5 heteroatoms. The van der Waals surface area contributed by atoms with Gasteiger partial charge in [0.2, 0.25) is 10.7 Å². The van der Waals surface area contributed by atoms with Crippen LogP contribution in [0, 0.1) is 0 Å². The summed E-state index contributed by atoms with van der Waals surface area (Å²) in [5.41, 5.74) is 1.43. The van der Waals surface area contributed by atoms with Crippen molar-refractivity contribution < 1.29 is 0 Å². The summed E-state index contributed by atoms with van der Waals surface area (Å²) >= 11 is 3.41. The highest BCUT2D eigenvalue weighted by Crippen LogP contribution is 2.30. The molecule has 1 aliphatic heterocycles. The Morgan fingerprint density at radius 1 is 1.24 bits per heavy atom. The Morgan fingerprint density at radius 3 is 2.71 bits per heavy atom. The maximum Gasteiger partial charge on any atom is 0.225 e. The Kier molecular flexibility index (Phi) is 4.29. The first-order valence-electron chi connectivity index (χ1n) is 7.57. The van der Waals surface area contributed by atoms with Crippen molar-refractivity contribution >= 4 is 21.9 Å². The van der Waals surface area contributed by atoms with Crippen molar-refractivity contribution in [3.05, 3.63) is 40.6 Å². The van der Waals surface area contributed by atoms with Gasteiger partial charge in [0.15, 0.2) is 0 Å². The lowest BCUT2D eigenvalue weighted by Gasteiger charge is -2.34. The summed E-state index contributed by atoms with van der Waals surface area (Å²) in [6.07, 6.45) is 2.44. The van der Waals surface area contributed by atoms with Gasteiger partial charge in [0.05, 0.1) is 6.04 Å². The first-order chi connectivity index (χ1) is 10.1. The van der Waals surface area contributed by atoms with Crippen LogP contribution >= 0.6 is 15.9 Å². The van der Waals surface area contributed by atoms with Crippen LogP contribution in [0.25, 0.3) is 0 Å². The van der Waals surface area contributed by atoms with Gasteiger partial charge in [-0.2, -0.15) is 4.98 Å². The molecule has 1 atom stereocenters. The molecule has 1 aromatic heterocycles. The van der Waals surface area contributed by atoms with Crippen LogP contribution in [0.5, 0.6) is 0 Å². The van der Waals surface area contributed by atoms with Crippen molar-refractivity contribution in [3.8, 4) is 0 Å². The van der Waals surface area contributed by atoms with Gasteiger partial charge in [0.1, 0.15) is 0 Å². The number of halogens is 1. The van der Waals surface area contributed by atoms with Crippen molar-refractivity contribution in [1.29, 1.82) is 0 Å². The first-order valence-corrected chi connectivity index (χ1v) is 8.36. The van der Waals surface area contributed by atoms with E-state index in [1.54, 1.807) is 0 Å². The molecule has 2 aromatic rings. The monoisotopic (exact) mass is 348 g/mol. The Morgan fingerprint density at radius 2 is 2.00 bits per heavy atom. The zero-order valence-corrected chi connectivity index (χ0v) is 14.1. The van der Waals surface area contributed by atoms with E-state index in [9.17, 15) is 0 Å². The predicted molar refractivity (Wildman–Crippen MR) is 88.7 cm³/mol. The lowest BCUT2D eigenvalue weighted by atomic mass is 9.91. The molecule has 1 unspecified atom stereocenters. The second kappa shape index (κ2) is 6.18. The molecule has 0 saturated carbocycles. The molecule has 0 radical (unpaired) electrons. The third-order valence-corrected chi connectivity index (χ3v) is 4.39. The van der Waals surface area contributed by atoms with Crippen LogP contribution in [0.2, 0.25) is 0 Å². The van der Waals surface area contributed by atoms with E-state index < -0.39 is 0 Å². The molecule has 21 heavy (non-hydrogen) atoms. The molecule has 1 fully saturated rings. The fraction of sp³-hybridized carbons (Fsp3) is 0.500. The lowest BCUT2D eigenvalue weighted by Crippen LogP contribution is -2.36. The van der Waals surface area contributed by atoms with Gasteiger partial charge in [-0.25, -0.2) is 4.68 Å². The molecule has 0 aliphatic carbocycles. The summed E-state index contributed by atoms with van der Waals surface area (Å²) in [6, 6.07) is 11.1. The second-order valence-corrected chi connectivity index (χ2v) is 6.62. The van der Waals surface area contributed by atoms with E-state index in [0.29, 0.717) is 16.7 Å². The maximum atomic E-state index is 4.58. The molecule has 1 saturated heterocycles. The summed E-state index contributed by atoms with van der Waals surface area (Å²) in [6.45, 7) is 6.36.